The first-order chi connectivity index (χ1) is 9.49. The molecule has 110 valence electrons. The Morgan fingerprint density at radius 1 is 1.20 bits per heavy atom. The molecule has 1 rings (SSSR count). The number of anilines is 1. The number of amides is 2. The van der Waals surface area contributed by atoms with Gasteiger partial charge in [0.25, 0.3) is 0 Å². The number of rotatable bonds is 6. The van der Waals surface area contributed by atoms with E-state index in [1.165, 1.54) is 6.07 Å². The Hall–Kier alpha value is -2.04. The van der Waals surface area contributed by atoms with Gasteiger partial charge in [-0.2, -0.15) is 0 Å². The van der Waals surface area contributed by atoms with Crippen LogP contribution in [0.25, 0.3) is 0 Å². The fourth-order valence-electron chi connectivity index (χ4n) is 2.04. The lowest BCUT2D eigenvalue weighted by Gasteiger charge is -2.22. The summed E-state index contributed by atoms with van der Waals surface area (Å²) in [5.41, 5.74) is 1.50. The first-order valence-corrected chi connectivity index (χ1v) is 6.89. The predicted octanol–water partition coefficient (Wildman–Crippen LogP) is 3.35. The summed E-state index contributed by atoms with van der Waals surface area (Å²) in [6, 6.07) is 4.66. The van der Waals surface area contributed by atoms with Crippen LogP contribution in [-0.2, 0) is 0 Å². The second-order valence-corrected chi connectivity index (χ2v) is 4.75. The van der Waals surface area contributed by atoms with Crippen molar-refractivity contribution in [2.45, 2.75) is 33.6 Å². The van der Waals surface area contributed by atoms with E-state index >= 15 is 0 Å². The van der Waals surface area contributed by atoms with Gasteiger partial charge in [0, 0.05) is 18.8 Å². The normalized spacial score (nSPS) is 10.2. The zero-order valence-corrected chi connectivity index (χ0v) is 12.3. The Balaban J connectivity index is 2.79. The van der Waals surface area contributed by atoms with Gasteiger partial charge in [0.15, 0.2) is 0 Å². The van der Waals surface area contributed by atoms with E-state index in [9.17, 15) is 9.59 Å². The molecule has 0 heterocycles. The number of benzene rings is 1. The lowest BCUT2D eigenvalue weighted by molar-refractivity contribution is 0.0696. The predicted molar refractivity (Wildman–Crippen MR) is 79.3 cm³/mol. The van der Waals surface area contributed by atoms with Gasteiger partial charge in [0.1, 0.15) is 0 Å². The van der Waals surface area contributed by atoms with E-state index < -0.39 is 5.97 Å². The van der Waals surface area contributed by atoms with Crippen molar-refractivity contribution in [1.29, 1.82) is 0 Å². The van der Waals surface area contributed by atoms with Crippen molar-refractivity contribution in [2.75, 3.05) is 18.4 Å². The van der Waals surface area contributed by atoms with Gasteiger partial charge in [-0.1, -0.05) is 13.8 Å². The smallest absolute Gasteiger partial charge is 0.335 e. The van der Waals surface area contributed by atoms with Crippen molar-refractivity contribution in [3.05, 3.63) is 29.3 Å². The number of aryl methyl sites for hydroxylation is 1. The van der Waals surface area contributed by atoms with E-state index in [0.717, 1.165) is 12.8 Å². The molecule has 0 saturated heterocycles. The summed E-state index contributed by atoms with van der Waals surface area (Å²) in [5, 5.41) is 11.8. The number of nitrogens with one attached hydrogen (secondary N) is 1. The molecular formula is C15H22N2O3. The Labute approximate surface area is 119 Å². The van der Waals surface area contributed by atoms with Crippen molar-refractivity contribution < 1.29 is 14.7 Å². The molecule has 2 amide bonds. The average molecular weight is 278 g/mol. The molecule has 0 spiro atoms. The Kier molecular flexibility index (Phi) is 6.03. The lowest BCUT2D eigenvalue weighted by atomic mass is 10.1. The van der Waals surface area contributed by atoms with Crippen LogP contribution in [0.15, 0.2) is 18.2 Å². The summed E-state index contributed by atoms with van der Waals surface area (Å²) < 4.78 is 0. The van der Waals surface area contributed by atoms with Crippen LogP contribution in [0, 0.1) is 6.92 Å². The van der Waals surface area contributed by atoms with Crippen LogP contribution >= 0.6 is 0 Å². The first-order valence-electron chi connectivity index (χ1n) is 6.89. The number of hydrogen-bond acceptors (Lipinski definition) is 2. The van der Waals surface area contributed by atoms with Crippen molar-refractivity contribution in [1.82, 2.24) is 4.90 Å². The molecule has 0 aliphatic heterocycles. The molecule has 0 saturated carbocycles. The van der Waals surface area contributed by atoms with Crippen molar-refractivity contribution >= 4 is 17.7 Å². The highest BCUT2D eigenvalue weighted by Gasteiger charge is 2.13. The molecule has 5 nitrogen and oxygen atoms in total. The third-order valence-electron chi connectivity index (χ3n) is 2.98. The number of carboxylic acids is 1. The van der Waals surface area contributed by atoms with Crippen molar-refractivity contribution in [2.24, 2.45) is 0 Å². The molecule has 0 bridgehead atoms. The average Bonchev–Trinajstić information content (AvgIpc) is 2.38. The largest absolute Gasteiger partial charge is 0.478 e. The number of aromatic carboxylic acids is 1. The van der Waals surface area contributed by atoms with E-state index in [1.54, 1.807) is 24.0 Å². The van der Waals surface area contributed by atoms with Crippen molar-refractivity contribution in [3.63, 3.8) is 0 Å². The van der Waals surface area contributed by atoms with E-state index in [1.807, 2.05) is 13.8 Å². The van der Waals surface area contributed by atoms with Gasteiger partial charge < -0.3 is 15.3 Å². The van der Waals surface area contributed by atoms with Gasteiger partial charge in [-0.05, 0) is 43.5 Å². The molecule has 0 atom stereocenters. The molecule has 0 radical (unpaired) electrons. The Morgan fingerprint density at radius 2 is 1.80 bits per heavy atom. The van der Waals surface area contributed by atoms with Gasteiger partial charge >= 0.3 is 12.0 Å². The van der Waals surface area contributed by atoms with Gasteiger partial charge in [-0.3, -0.25) is 0 Å². The summed E-state index contributed by atoms with van der Waals surface area (Å²) in [6.07, 6.45) is 1.81. The summed E-state index contributed by atoms with van der Waals surface area (Å²) in [6.45, 7) is 7.20. The molecule has 0 aliphatic rings. The van der Waals surface area contributed by atoms with Gasteiger partial charge in [-0.15, -0.1) is 0 Å². The minimum atomic E-state index is -0.959. The monoisotopic (exact) mass is 278 g/mol. The minimum Gasteiger partial charge on any atom is -0.478 e. The molecular weight excluding hydrogens is 256 g/mol. The maximum absolute atomic E-state index is 12.1. The van der Waals surface area contributed by atoms with Crippen molar-refractivity contribution in [3.8, 4) is 0 Å². The van der Waals surface area contributed by atoms with E-state index in [0.29, 0.717) is 24.3 Å². The summed E-state index contributed by atoms with van der Waals surface area (Å²) in [5.74, 6) is -0.959. The fraction of sp³-hybridized carbons (Fsp3) is 0.467. The van der Waals surface area contributed by atoms with Crippen LogP contribution in [0.1, 0.15) is 42.6 Å². The summed E-state index contributed by atoms with van der Waals surface area (Å²) in [4.78, 5) is 24.8. The third-order valence-corrected chi connectivity index (χ3v) is 2.98. The minimum absolute atomic E-state index is 0.142. The van der Waals surface area contributed by atoms with Crippen LogP contribution in [0.2, 0.25) is 0 Å². The van der Waals surface area contributed by atoms with Gasteiger partial charge in [0.05, 0.1) is 5.56 Å². The quantitative estimate of drug-likeness (QED) is 0.838. The molecule has 0 aliphatic carbocycles. The molecule has 1 aromatic carbocycles. The molecule has 1 aromatic rings. The van der Waals surface area contributed by atoms with E-state index in [-0.39, 0.29) is 11.6 Å². The lowest BCUT2D eigenvalue weighted by Crippen LogP contribution is -2.36. The maximum atomic E-state index is 12.1. The molecule has 5 heteroatoms. The summed E-state index contributed by atoms with van der Waals surface area (Å²) >= 11 is 0. The third kappa shape index (κ3) is 4.26. The zero-order valence-electron chi connectivity index (χ0n) is 12.3. The van der Waals surface area contributed by atoms with Crippen LogP contribution in [0.4, 0.5) is 10.5 Å². The maximum Gasteiger partial charge on any atom is 0.335 e. The number of hydrogen-bond donors (Lipinski definition) is 2. The number of carbonyl (C=O) groups is 2. The Bertz CT molecular complexity index is 480. The number of carboxylic acid groups (broad SMARTS) is 1. The van der Waals surface area contributed by atoms with Gasteiger partial charge in [-0.25, -0.2) is 9.59 Å². The zero-order chi connectivity index (χ0) is 15.1. The fourth-order valence-corrected chi connectivity index (χ4v) is 2.04. The first kappa shape index (κ1) is 16.0. The molecule has 0 unspecified atom stereocenters. The highest BCUT2D eigenvalue weighted by molar-refractivity contribution is 5.92. The van der Waals surface area contributed by atoms with Gasteiger partial charge in [0.2, 0.25) is 0 Å². The van der Waals surface area contributed by atoms with Crippen LogP contribution < -0.4 is 5.32 Å². The van der Waals surface area contributed by atoms with E-state index in [4.69, 9.17) is 5.11 Å². The van der Waals surface area contributed by atoms with Crippen LogP contribution in [0.3, 0.4) is 0 Å². The topological polar surface area (TPSA) is 69.6 Å². The van der Waals surface area contributed by atoms with E-state index in [2.05, 4.69) is 5.32 Å². The second-order valence-electron chi connectivity index (χ2n) is 4.75. The van der Waals surface area contributed by atoms with Crippen LogP contribution in [-0.4, -0.2) is 35.1 Å². The number of nitrogens with zero attached hydrogens (tertiary/aromatic N) is 1. The molecule has 0 aromatic heterocycles. The summed E-state index contributed by atoms with van der Waals surface area (Å²) in [7, 11) is 0. The number of carbonyl (C=O) groups excluding carboxylic acids is 1. The Morgan fingerprint density at radius 3 is 2.25 bits per heavy atom. The molecule has 2 N–H and O–H groups in total. The highest BCUT2D eigenvalue weighted by atomic mass is 16.4. The standard InChI is InChI=1S/C15H22N2O3/c1-4-8-17(9-5-2)15(20)16-12-6-7-13(14(18)19)11(3)10-12/h6-7,10H,4-5,8-9H2,1-3H3,(H,16,20)(H,18,19). The molecule has 0 fully saturated rings. The number of urea groups is 1. The molecule has 20 heavy (non-hydrogen) atoms. The SMILES string of the molecule is CCCN(CCC)C(=O)Nc1ccc(C(=O)O)c(C)c1. The second kappa shape index (κ2) is 7.53. The van der Waals surface area contributed by atoms with Crippen LogP contribution in [0.5, 0.6) is 0 Å². The highest BCUT2D eigenvalue weighted by Crippen LogP contribution is 2.16.